The first-order valence-corrected chi connectivity index (χ1v) is 7.07. The molecule has 3 heteroatoms. The van der Waals surface area contributed by atoms with Crippen LogP contribution in [-0.2, 0) is 16.0 Å². The minimum atomic E-state index is -0.228. The first-order valence-electron chi connectivity index (χ1n) is 7.07. The van der Waals surface area contributed by atoms with Gasteiger partial charge in [-0.25, -0.2) is 0 Å². The van der Waals surface area contributed by atoms with Crippen molar-refractivity contribution in [2.24, 2.45) is 5.92 Å². The lowest BCUT2D eigenvalue weighted by molar-refractivity contribution is -0.139. The molecule has 1 fully saturated rings. The molecule has 1 aromatic carbocycles. The zero-order valence-corrected chi connectivity index (χ0v) is 11.6. The van der Waals surface area contributed by atoms with Crippen molar-refractivity contribution in [1.29, 1.82) is 0 Å². The van der Waals surface area contributed by atoms with Crippen molar-refractivity contribution in [1.82, 2.24) is 0 Å². The predicted molar refractivity (Wildman–Crippen MR) is 74.2 cm³/mol. The van der Waals surface area contributed by atoms with Crippen LogP contribution in [0.4, 0.5) is 0 Å². The van der Waals surface area contributed by atoms with E-state index in [2.05, 4.69) is 0 Å². The topological polar surface area (TPSA) is 35.5 Å². The average Bonchev–Trinajstić information content (AvgIpc) is 2.47. The molecule has 0 saturated heterocycles. The molecule has 1 aliphatic rings. The number of esters is 1. The van der Waals surface area contributed by atoms with Crippen LogP contribution in [-0.4, -0.2) is 19.7 Å². The van der Waals surface area contributed by atoms with E-state index in [0.29, 0.717) is 5.92 Å². The number of carbonyl (C=O) groups excluding carboxylic acids is 1. The van der Waals surface area contributed by atoms with Crippen molar-refractivity contribution in [3.05, 3.63) is 29.8 Å². The van der Waals surface area contributed by atoms with Gasteiger partial charge in [-0.2, -0.15) is 0 Å². The summed E-state index contributed by atoms with van der Waals surface area (Å²) >= 11 is 0. The Morgan fingerprint density at radius 3 is 2.68 bits per heavy atom. The van der Waals surface area contributed by atoms with E-state index in [1.54, 1.807) is 0 Å². The Labute approximate surface area is 114 Å². The Bertz CT molecular complexity index is 408. The summed E-state index contributed by atoms with van der Waals surface area (Å²) in [6, 6.07) is 7.72. The SMILES string of the molecule is COC(=O)Cc1ccccc1OCC1CCCCC1. The lowest BCUT2D eigenvalue weighted by Gasteiger charge is -2.22. The van der Waals surface area contributed by atoms with Crippen molar-refractivity contribution in [3.8, 4) is 5.75 Å². The van der Waals surface area contributed by atoms with E-state index >= 15 is 0 Å². The second kappa shape index (κ2) is 7.17. The average molecular weight is 262 g/mol. The first kappa shape index (κ1) is 13.9. The van der Waals surface area contributed by atoms with Gasteiger partial charge in [0.2, 0.25) is 0 Å². The fourth-order valence-corrected chi connectivity index (χ4v) is 2.58. The summed E-state index contributed by atoms with van der Waals surface area (Å²) in [6.45, 7) is 0.762. The molecule has 3 nitrogen and oxygen atoms in total. The van der Waals surface area contributed by atoms with E-state index in [-0.39, 0.29) is 12.4 Å². The van der Waals surface area contributed by atoms with Crippen LogP contribution in [0.2, 0.25) is 0 Å². The van der Waals surface area contributed by atoms with Gasteiger partial charge < -0.3 is 9.47 Å². The molecule has 2 rings (SSSR count). The Hall–Kier alpha value is -1.51. The van der Waals surface area contributed by atoms with Gasteiger partial charge in [0, 0.05) is 5.56 Å². The monoisotopic (exact) mass is 262 g/mol. The molecule has 0 bridgehead atoms. The third kappa shape index (κ3) is 4.27. The highest BCUT2D eigenvalue weighted by molar-refractivity contribution is 5.73. The zero-order valence-electron chi connectivity index (χ0n) is 11.6. The molecule has 0 heterocycles. The summed E-state index contributed by atoms with van der Waals surface area (Å²) in [6.07, 6.45) is 6.79. The van der Waals surface area contributed by atoms with Crippen molar-refractivity contribution in [3.63, 3.8) is 0 Å². The quantitative estimate of drug-likeness (QED) is 0.763. The summed E-state index contributed by atoms with van der Waals surface area (Å²) in [4.78, 5) is 11.4. The lowest BCUT2D eigenvalue weighted by atomic mass is 9.90. The molecule has 104 valence electrons. The molecule has 1 saturated carbocycles. The normalized spacial score (nSPS) is 16.1. The van der Waals surface area contributed by atoms with Gasteiger partial charge >= 0.3 is 5.97 Å². The fraction of sp³-hybridized carbons (Fsp3) is 0.562. The van der Waals surface area contributed by atoms with Gasteiger partial charge in [-0.05, 0) is 24.8 Å². The highest BCUT2D eigenvalue weighted by Gasteiger charge is 2.15. The van der Waals surface area contributed by atoms with Gasteiger partial charge in [-0.1, -0.05) is 37.5 Å². The van der Waals surface area contributed by atoms with E-state index in [9.17, 15) is 4.79 Å². The van der Waals surface area contributed by atoms with E-state index < -0.39 is 0 Å². The highest BCUT2D eigenvalue weighted by atomic mass is 16.5. The summed E-state index contributed by atoms with van der Waals surface area (Å²) in [7, 11) is 1.41. The number of rotatable bonds is 5. The van der Waals surface area contributed by atoms with Gasteiger partial charge in [0.1, 0.15) is 5.75 Å². The number of carbonyl (C=O) groups is 1. The molecule has 0 aromatic heterocycles. The predicted octanol–water partition coefficient (Wildman–Crippen LogP) is 3.36. The minimum Gasteiger partial charge on any atom is -0.493 e. The minimum absolute atomic E-state index is 0.228. The smallest absolute Gasteiger partial charge is 0.310 e. The summed E-state index contributed by atoms with van der Waals surface area (Å²) in [5.74, 6) is 1.26. The molecule has 19 heavy (non-hydrogen) atoms. The van der Waals surface area contributed by atoms with Gasteiger partial charge in [0.15, 0.2) is 0 Å². The van der Waals surface area contributed by atoms with E-state index in [1.807, 2.05) is 24.3 Å². The van der Waals surface area contributed by atoms with Crippen LogP contribution < -0.4 is 4.74 Å². The third-order valence-electron chi connectivity index (χ3n) is 3.73. The number of hydrogen-bond donors (Lipinski definition) is 0. The van der Waals surface area contributed by atoms with Crippen LogP contribution in [0, 0.1) is 5.92 Å². The molecule has 0 amide bonds. The molecule has 0 aliphatic heterocycles. The number of para-hydroxylation sites is 1. The molecule has 0 N–H and O–H groups in total. The van der Waals surface area contributed by atoms with Gasteiger partial charge in [-0.15, -0.1) is 0 Å². The van der Waals surface area contributed by atoms with Crippen molar-refractivity contribution in [2.45, 2.75) is 38.5 Å². The van der Waals surface area contributed by atoms with E-state index in [1.165, 1.54) is 39.2 Å². The standard InChI is InChI=1S/C16H22O3/c1-18-16(17)11-14-9-5-6-10-15(14)19-12-13-7-3-2-4-8-13/h5-6,9-10,13H,2-4,7-8,11-12H2,1H3. The molecule has 1 aromatic rings. The second-order valence-corrected chi connectivity index (χ2v) is 5.18. The first-order chi connectivity index (χ1) is 9.29. The van der Waals surface area contributed by atoms with Crippen molar-refractivity contribution < 1.29 is 14.3 Å². The Morgan fingerprint density at radius 1 is 1.21 bits per heavy atom. The zero-order chi connectivity index (χ0) is 13.5. The Morgan fingerprint density at radius 2 is 1.95 bits per heavy atom. The van der Waals surface area contributed by atoms with Crippen LogP contribution >= 0.6 is 0 Å². The number of benzene rings is 1. The molecule has 0 spiro atoms. The van der Waals surface area contributed by atoms with Crippen molar-refractivity contribution in [2.75, 3.05) is 13.7 Å². The molecular weight excluding hydrogens is 240 g/mol. The second-order valence-electron chi connectivity index (χ2n) is 5.18. The fourth-order valence-electron chi connectivity index (χ4n) is 2.58. The summed E-state index contributed by atoms with van der Waals surface area (Å²) < 4.78 is 10.6. The summed E-state index contributed by atoms with van der Waals surface area (Å²) in [5, 5.41) is 0. The van der Waals surface area contributed by atoms with E-state index in [4.69, 9.17) is 9.47 Å². The molecule has 1 aliphatic carbocycles. The number of hydrogen-bond acceptors (Lipinski definition) is 3. The highest BCUT2D eigenvalue weighted by Crippen LogP contribution is 2.26. The van der Waals surface area contributed by atoms with Crippen LogP contribution in [0.5, 0.6) is 5.75 Å². The van der Waals surface area contributed by atoms with Crippen LogP contribution in [0.1, 0.15) is 37.7 Å². The number of methoxy groups -OCH3 is 1. The summed E-state index contributed by atoms with van der Waals surface area (Å²) in [5.41, 5.74) is 0.908. The maximum absolute atomic E-state index is 11.4. The number of ether oxygens (including phenoxy) is 2. The van der Waals surface area contributed by atoms with Crippen LogP contribution in [0.25, 0.3) is 0 Å². The Balaban J connectivity index is 1.93. The molecule has 0 atom stereocenters. The maximum Gasteiger partial charge on any atom is 0.310 e. The van der Waals surface area contributed by atoms with Gasteiger partial charge in [0.05, 0.1) is 20.1 Å². The lowest BCUT2D eigenvalue weighted by Crippen LogP contribution is -2.16. The maximum atomic E-state index is 11.4. The largest absolute Gasteiger partial charge is 0.493 e. The Kier molecular flexibility index (Phi) is 5.25. The van der Waals surface area contributed by atoms with Gasteiger partial charge in [-0.3, -0.25) is 4.79 Å². The molecule has 0 unspecified atom stereocenters. The van der Waals surface area contributed by atoms with Crippen LogP contribution in [0.15, 0.2) is 24.3 Å². The van der Waals surface area contributed by atoms with Crippen molar-refractivity contribution >= 4 is 5.97 Å². The molecular formula is C16H22O3. The van der Waals surface area contributed by atoms with E-state index in [0.717, 1.165) is 17.9 Å². The van der Waals surface area contributed by atoms with Gasteiger partial charge in [0.25, 0.3) is 0 Å². The molecule has 0 radical (unpaired) electrons. The van der Waals surface area contributed by atoms with Crippen LogP contribution in [0.3, 0.4) is 0 Å². The third-order valence-corrected chi connectivity index (χ3v) is 3.73.